The van der Waals surface area contributed by atoms with Gasteiger partial charge in [0.2, 0.25) is 0 Å². The lowest BCUT2D eigenvalue weighted by Crippen LogP contribution is -2.49. The normalized spacial score (nSPS) is 18.9. The molecule has 6 nitrogen and oxygen atoms in total. The molecule has 1 unspecified atom stereocenters. The zero-order valence-corrected chi connectivity index (χ0v) is 11.5. The number of halogens is 1. The van der Waals surface area contributed by atoms with Gasteiger partial charge in [-0.25, -0.2) is 0 Å². The van der Waals surface area contributed by atoms with Gasteiger partial charge in [0.15, 0.2) is 0 Å². The summed E-state index contributed by atoms with van der Waals surface area (Å²) in [5.41, 5.74) is 6.39. The molecule has 1 aromatic carbocycles. The third-order valence-corrected chi connectivity index (χ3v) is 3.47. The monoisotopic (exact) mass is 298 g/mol. The molecule has 20 heavy (non-hydrogen) atoms. The molecule has 0 saturated carbocycles. The van der Waals surface area contributed by atoms with Crippen molar-refractivity contribution in [2.24, 2.45) is 0 Å². The number of hydrogen-bond donors (Lipinski definition) is 2. The fraction of sp³-hybridized carbons (Fsp3) is 0.385. The number of hydrogen-bond acceptors (Lipinski definition) is 4. The van der Waals surface area contributed by atoms with Gasteiger partial charge >= 0.3 is 5.97 Å². The predicted octanol–water partition coefficient (Wildman–Crippen LogP) is 1.24. The molecule has 1 aliphatic heterocycles. The average molecular weight is 299 g/mol. The average Bonchev–Trinajstić information content (AvgIpc) is 2.41. The summed E-state index contributed by atoms with van der Waals surface area (Å²) in [6.07, 6.45) is -0.144. The highest BCUT2D eigenvalue weighted by Gasteiger charge is 2.29. The molecule has 1 aromatic rings. The minimum Gasteiger partial charge on any atom is -0.481 e. The standard InChI is InChI=1S/C13H15ClN2O4/c14-10-5-8(1-2-11(10)15)13(19)16-3-4-20-7-9(16)6-12(17)18/h1-2,5,9H,3-4,6-7,15H2,(H,17,18). The summed E-state index contributed by atoms with van der Waals surface area (Å²) in [5.74, 6) is -1.23. The molecule has 0 bridgehead atoms. The smallest absolute Gasteiger partial charge is 0.305 e. The van der Waals surface area contributed by atoms with Crippen LogP contribution in [0.5, 0.6) is 0 Å². The highest BCUT2D eigenvalue weighted by molar-refractivity contribution is 6.33. The second kappa shape index (κ2) is 6.11. The van der Waals surface area contributed by atoms with Crippen LogP contribution in [0.2, 0.25) is 5.02 Å². The second-order valence-electron chi connectivity index (χ2n) is 4.56. The summed E-state index contributed by atoms with van der Waals surface area (Å²) >= 11 is 5.90. The Morgan fingerprint density at radius 3 is 2.90 bits per heavy atom. The van der Waals surface area contributed by atoms with Gasteiger partial charge in [-0.05, 0) is 18.2 Å². The van der Waals surface area contributed by atoms with E-state index in [2.05, 4.69) is 0 Å². The zero-order chi connectivity index (χ0) is 14.7. The predicted molar refractivity (Wildman–Crippen MR) is 73.8 cm³/mol. The van der Waals surface area contributed by atoms with E-state index in [9.17, 15) is 9.59 Å². The van der Waals surface area contributed by atoms with Crippen molar-refractivity contribution >= 4 is 29.2 Å². The van der Waals surface area contributed by atoms with Gasteiger partial charge in [0.1, 0.15) is 0 Å². The van der Waals surface area contributed by atoms with Crippen LogP contribution in [0, 0.1) is 0 Å². The number of ether oxygens (including phenoxy) is 1. The summed E-state index contributed by atoms with van der Waals surface area (Å²) in [4.78, 5) is 24.8. The number of aliphatic carboxylic acids is 1. The molecule has 1 fully saturated rings. The Labute approximate surface area is 121 Å². The molecule has 1 aliphatic rings. The van der Waals surface area contributed by atoms with Crippen molar-refractivity contribution in [3.05, 3.63) is 28.8 Å². The van der Waals surface area contributed by atoms with Crippen LogP contribution in [-0.4, -0.2) is 47.7 Å². The first-order valence-corrected chi connectivity index (χ1v) is 6.52. The van der Waals surface area contributed by atoms with Gasteiger partial charge in [-0.15, -0.1) is 0 Å². The van der Waals surface area contributed by atoms with E-state index in [1.165, 1.54) is 11.0 Å². The SMILES string of the molecule is Nc1ccc(C(=O)N2CCOCC2CC(=O)O)cc1Cl. The maximum absolute atomic E-state index is 12.4. The van der Waals surface area contributed by atoms with Crippen molar-refractivity contribution in [2.75, 3.05) is 25.5 Å². The highest BCUT2D eigenvalue weighted by Crippen LogP contribution is 2.22. The first-order chi connectivity index (χ1) is 9.49. The summed E-state index contributed by atoms with van der Waals surface area (Å²) in [7, 11) is 0. The first kappa shape index (κ1) is 14.6. The zero-order valence-electron chi connectivity index (χ0n) is 10.7. The number of benzene rings is 1. The number of carbonyl (C=O) groups excluding carboxylic acids is 1. The van der Waals surface area contributed by atoms with E-state index in [0.717, 1.165) is 0 Å². The minimum atomic E-state index is -0.964. The van der Waals surface area contributed by atoms with E-state index in [1.807, 2.05) is 0 Å². The number of nitrogens with zero attached hydrogens (tertiary/aromatic N) is 1. The number of carboxylic acids is 1. The molecule has 2 rings (SSSR count). The number of rotatable bonds is 3. The summed E-state index contributed by atoms with van der Waals surface area (Å²) < 4.78 is 5.24. The molecular weight excluding hydrogens is 284 g/mol. The highest BCUT2D eigenvalue weighted by atomic mass is 35.5. The Morgan fingerprint density at radius 1 is 1.50 bits per heavy atom. The molecule has 1 heterocycles. The number of anilines is 1. The lowest BCUT2D eigenvalue weighted by Gasteiger charge is -2.34. The molecule has 0 spiro atoms. The quantitative estimate of drug-likeness (QED) is 0.819. The van der Waals surface area contributed by atoms with Crippen molar-refractivity contribution in [3.8, 4) is 0 Å². The van der Waals surface area contributed by atoms with Crippen LogP contribution >= 0.6 is 11.6 Å². The van der Waals surface area contributed by atoms with Crippen LogP contribution in [0.15, 0.2) is 18.2 Å². The number of amides is 1. The Kier molecular flexibility index (Phi) is 4.46. The largest absolute Gasteiger partial charge is 0.481 e. The van der Waals surface area contributed by atoms with Crippen LogP contribution in [0.1, 0.15) is 16.8 Å². The number of nitrogens with two attached hydrogens (primary N) is 1. The van der Waals surface area contributed by atoms with Crippen LogP contribution < -0.4 is 5.73 Å². The Hall–Kier alpha value is -1.79. The maximum Gasteiger partial charge on any atom is 0.305 e. The number of morpholine rings is 1. The Morgan fingerprint density at radius 2 is 2.25 bits per heavy atom. The van der Waals surface area contributed by atoms with E-state index >= 15 is 0 Å². The van der Waals surface area contributed by atoms with Gasteiger partial charge in [-0.1, -0.05) is 11.6 Å². The van der Waals surface area contributed by atoms with Crippen LogP contribution in [0.3, 0.4) is 0 Å². The van der Waals surface area contributed by atoms with Gasteiger partial charge in [-0.3, -0.25) is 9.59 Å². The van der Waals surface area contributed by atoms with Crippen molar-refractivity contribution in [3.63, 3.8) is 0 Å². The first-order valence-electron chi connectivity index (χ1n) is 6.14. The fourth-order valence-electron chi connectivity index (χ4n) is 2.12. The third-order valence-electron chi connectivity index (χ3n) is 3.15. The molecule has 3 N–H and O–H groups in total. The Balaban J connectivity index is 2.20. The lowest BCUT2D eigenvalue weighted by molar-refractivity contribution is -0.139. The topological polar surface area (TPSA) is 92.9 Å². The molecule has 0 aromatic heterocycles. The number of nitrogen functional groups attached to an aromatic ring is 1. The molecule has 7 heteroatoms. The molecular formula is C13H15ClN2O4. The van der Waals surface area contributed by atoms with E-state index in [0.29, 0.717) is 29.4 Å². The summed E-state index contributed by atoms with van der Waals surface area (Å²) in [5, 5.41) is 9.19. The molecule has 1 saturated heterocycles. The van der Waals surface area contributed by atoms with Crippen molar-refractivity contribution in [1.29, 1.82) is 0 Å². The summed E-state index contributed by atoms with van der Waals surface area (Å²) in [6, 6.07) is 4.16. The molecule has 1 amide bonds. The van der Waals surface area contributed by atoms with Crippen LogP contribution in [-0.2, 0) is 9.53 Å². The van der Waals surface area contributed by atoms with Crippen LogP contribution in [0.25, 0.3) is 0 Å². The minimum absolute atomic E-state index is 0.144. The van der Waals surface area contributed by atoms with Gasteiger partial charge in [-0.2, -0.15) is 0 Å². The van der Waals surface area contributed by atoms with E-state index in [4.69, 9.17) is 27.2 Å². The lowest BCUT2D eigenvalue weighted by atomic mass is 10.1. The third kappa shape index (κ3) is 3.20. The van der Waals surface area contributed by atoms with Crippen molar-refractivity contribution < 1.29 is 19.4 Å². The van der Waals surface area contributed by atoms with Crippen molar-refractivity contribution in [2.45, 2.75) is 12.5 Å². The van der Waals surface area contributed by atoms with Gasteiger partial charge in [0.25, 0.3) is 5.91 Å². The second-order valence-corrected chi connectivity index (χ2v) is 4.97. The molecule has 108 valence electrons. The number of carbonyl (C=O) groups is 2. The van der Waals surface area contributed by atoms with E-state index in [-0.39, 0.29) is 18.9 Å². The van der Waals surface area contributed by atoms with Crippen LogP contribution in [0.4, 0.5) is 5.69 Å². The van der Waals surface area contributed by atoms with E-state index in [1.54, 1.807) is 12.1 Å². The Bertz CT molecular complexity index is 535. The number of carboxylic acid groups (broad SMARTS) is 1. The van der Waals surface area contributed by atoms with E-state index < -0.39 is 12.0 Å². The van der Waals surface area contributed by atoms with Crippen molar-refractivity contribution in [1.82, 2.24) is 4.90 Å². The molecule has 0 aliphatic carbocycles. The molecule has 0 radical (unpaired) electrons. The molecule has 1 atom stereocenters. The van der Waals surface area contributed by atoms with Gasteiger partial charge < -0.3 is 20.5 Å². The van der Waals surface area contributed by atoms with Gasteiger partial charge in [0, 0.05) is 12.1 Å². The summed E-state index contributed by atoms with van der Waals surface area (Å²) in [6.45, 7) is 0.976. The maximum atomic E-state index is 12.4. The van der Waals surface area contributed by atoms with Gasteiger partial charge in [0.05, 0.1) is 36.4 Å². The fourth-order valence-corrected chi connectivity index (χ4v) is 2.30.